The van der Waals surface area contributed by atoms with Gasteiger partial charge >= 0.3 is 0 Å². The molecule has 0 saturated heterocycles. The quantitative estimate of drug-likeness (QED) is 0.582. The van der Waals surface area contributed by atoms with Gasteiger partial charge < -0.3 is 5.11 Å². The van der Waals surface area contributed by atoms with E-state index in [9.17, 15) is 0 Å². The third-order valence-electron chi connectivity index (χ3n) is 1.89. The summed E-state index contributed by atoms with van der Waals surface area (Å²) < 4.78 is 0. The molecular weight excluding hydrogens is 136 g/mol. The van der Waals surface area contributed by atoms with Crippen LogP contribution in [0.3, 0.4) is 0 Å². The van der Waals surface area contributed by atoms with Crippen molar-refractivity contribution in [3.63, 3.8) is 0 Å². The minimum Gasteiger partial charge on any atom is -0.515 e. The third kappa shape index (κ3) is 1.43. The molecule has 11 heavy (non-hydrogen) atoms. The van der Waals surface area contributed by atoms with Crippen LogP contribution in [0.2, 0.25) is 0 Å². The molecule has 0 aliphatic rings. The molecule has 1 heteroatoms. The van der Waals surface area contributed by atoms with Crippen molar-refractivity contribution in [2.75, 3.05) is 0 Å². The zero-order valence-electron chi connectivity index (χ0n) is 6.89. The number of hydrogen-bond donors (Lipinski definition) is 1. The van der Waals surface area contributed by atoms with E-state index in [-0.39, 0.29) is 0 Å². The summed E-state index contributed by atoms with van der Waals surface area (Å²) in [6, 6.07) is 3.90. The largest absolute Gasteiger partial charge is 0.515 e. The summed E-state index contributed by atoms with van der Waals surface area (Å²) in [4.78, 5) is 0. The monoisotopic (exact) mass is 148 g/mol. The Morgan fingerprint density at radius 2 is 1.82 bits per heavy atom. The molecule has 0 bridgehead atoms. The summed E-state index contributed by atoms with van der Waals surface area (Å²) in [5.74, 6) is 0. The summed E-state index contributed by atoms with van der Waals surface area (Å²) in [7, 11) is 0. The summed E-state index contributed by atoms with van der Waals surface area (Å²) >= 11 is 0. The van der Waals surface area contributed by atoms with E-state index in [1.54, 1.807) is 0 Å². The van der Waals surface area contributed by atoms with Crippen LogP contribution in [0.1, 0.15) is 11.1 Å². The van der Waals surface area contributed by atoms with Crippen LogP contribution in [0.25, 0.3) is 12.8 Å². The standard InChI is InChI=1S/C10H12O/c1-7-4-9(3)10(6-11)5-8(7)2/h4-6,11H,3H2,1-2H3/b10-6-. The van der Waals surface area contributed by atoms with E-state index in [4.69, 9.17) is 5.11 Å². The number of aryl methyl sites for hydroxylation is 2. The van der Waals surface area contributed by atoms with Crippen LogP contribution in [0, 0.1) is 13.8 Å². The van der Waals surface area contributed by atoms with Gasteiger partial charge in [0.25, 0.3) is 0 Å². The van der Waals surface area contributed by atoms with Crippen LogP contribution in [0.15, 0.2) is 12.1 Å². The molecule has 1 N–H and O–H groups in total. The second-order valence-corrected chi connectivity index (χ2v) is 2.76. The second-order valence-electron chi connectivity index (χ2n) is 2.76. The molecule has 0 spiro atoms. The van der Waals surface area contributed by atoms with Gasteiger partial charge in [-0.2, -0.15) is 0 Å². The molecule has 0 atom stereocenters. The second kappa shape index (κ2) is 2.79. The predicted octanol–water partition coefficient (Wildman–Crippen LogP) is 1.01. The van der Waals surface area contributed by atoms with Crippen LogP contribution in [-0.4, -0.2) is 5.11 Å². The highest BCUT2D eigenvalue weighted by Gasteiger charge is 1.90. The number of aliphatic hydroxyl groups is 1. The van der Waals surface area contributed by atoms with Crippen molar-refractivity contribution in [2.24, 2.45) is 0 Å². The maximum absolute atomic E-state index is 8.77. The number of hydrogen-bond acceptors (Lipinski definition) is 1. The van der Waals surface area contributed by atoms with Crippen molar-refractivity contribution in [1.29, 1.82) is 0 Å². The topological polar surface area (TPSA) is 20.2 Å². The Morgan fingerprint density at radius 1 is 1.27 bits per heavy atom. The lowest BCUT2D eigenvalue weighted by Gasteiger charge is -1.97. The molecule has 1 aromatic carbocycles. The Morgan fingerprint density at radius 3 is 2.36 bits per heavy atom. The van der Waals surface area contributed by atoms with Gasteiger partial charge in [-0.3, -0.25) is 0 Å². The highest BCUT2D eigenvalue weighted by Crippen LogP contribution is 1.97. The normalized spacial score (nSPS) is 12.0. The van der Waals surface area contributed by atoms with E-state index in [2.05, 4.69) is 6.58 Å². The SMILES string of the molecule is C=c1cc(C)c(C)c/c1=C/O. The van der Waals surface area contributed by atoms with Crippen LogP contribution in [0.4, 0.5) is 0 Å². The number of aliphatic hydroxyl groups excluding tert-OH is 1. The fraction of sp³-hybridized carbons (Fsp3) is 0.200. The molecule has 0 heterocycles. The summed E-state index contributed by atoms with van der Waals surface area (Å²) in [6.07, 6.45) is 1.09. The fourth-order valence-corrected chi connectivity index (χ4v) is 1.02. The molecule has 1 aromatic rings. The average molecular weight is 148 g/mol. The Hall–Kier alpha value is -1.24. The first-order chi connectivity index (χ1) is 5.15. The van der Waals surface area contributed by atoms with E-state index in [1.165, 1.54) is 11.1 Å². The third-order valence-corrected chi connectivity index (χ3v) is 1.89. The zero-order chi connectivity index (χ0) is 8.43. The molecule has 0 amide bonds. The number of benzene rings is 1. The first kappa shape index (κ1) is 7.86. The lowest BCUT2D eigenvalue weighted by atomic mass is 10.1. The lowest BCUT2D eigenvalue weighted by molar-refractivity contribution is 0.540. The van der Waals surface area contributed by atoms with Gasteiger partial charge in [0.15, 0.2) is 0 Å². The molecule has 0 fully saturated rings. The predicted molar refractivity (Wildman–Crippen MR) is 47.8 cm³/mol. The van der Waals surface area contributed by atoms with Crippen molar-refractivity contribution >= 4 is 12.8 Å². The Kier molecular flexibility index (Phi) is 1.99. The molecule has 0 aliphatic heterocycles. The van der Waals surface area contributed by atoms with Crippen LogP contribution in [-0.2, 0) is 0 Å². The highest BCUT2D eigenvalue weighted by atomic mass is 16.2. The van der Waals surface area contributed by atoms with Gasteiger partial charge in [0.05, 0.1) is 6.26 Å². The van der Waals surface area contributed by atoms with E-state index in [1.807, 2.05) is 26.0 Å². The van der Waals surface area contributed by atoms with Gasteiger partial charge in [0, 0.05) is 5.22 Å². The minimum absolute atomic E-state index is 0.799. The fourth-order valence-electron chi connectivity index (χ4n) is 1.02. The van der Waals surface area contributed by atoms with Crippen molar-refractivity contribution in [3.8, 4) is 0 Å². The average Bonchev–Trinajstić information content (AvgIpc) is 1.97. The molecule has 0 radical (unpaired) electrons. The van der Waals surface area contributed by atoms with E-state index in [0.29, 0.717) is 0 Å². The molecule has 0 saturated carbocycles. The lowest BCUT2D eigenvalue weighted by Crippen LogP contribution is -2.23. The van der Waals surface area contributed by atoms with Crippen molar-refractivity contribution in [3.05, 3.63) is 33.7 Å². The molecule has 0 aliphatic carbocycles. The van der Waals surface area contributed by atoms with Gasteiger partial charge in [-0.25, -0.2) is 0 Å². The van der Waals surface area contributed by atoms with Crippen LogP contribution in [0.5, 0.6) is 0 Å². The van der Waals surface area contributed by atoms with E-state index < -0.39 is 0 Å². The van der Waals surface area contributed by atoms with Crippen LogP contribution >= 0.6 is 0 Å². The highest BCUT2D eigenvalue weighted by molar-refractivity contribution is 5.30. The Labute approximate surface area is 66.3 Å². The molecule has 0 aromatic heterocycles. The van der Waals surface area contributed by atoms with Gasteiger partial charge in [-0.1, -0.05) is 12.6 Å². The first-order valence-electron chi connectivity index (χ1n) is 3.56. The molecule has 1 rings (SSSR count). The summed E-state index contributed by atoms with van der Waals surface area (Å²) in [5.41, 5.74) is 2.39. The van der Waals surface area contributed by atoms with E-state index in [0.717, 1.165) is 16.7 Å². The Balaban J connectivity index is 3.59. The van der Waals surface area contributed by atoms with Gasteiger partial charge in [0.1, 0.15) is 0 Å². The smallest absolute Gasteiger partial charge is 0.0869 e. The van der Waals surface area contributed by atoms with Gasteiger partial charge in [-0.05, 0) is 36.3 Å². The molecule has 0 unspecified atom stereocenters. The van der Waals surface area contributed by atoms with Gasteiger partial charge in [-0.15, -0.1) is 0 Å². The Bertz CT molecular complexity index is 363. The molecule has 58 valence electrons. The van der Waals surface area contributed by atoms with Crippen molar-refractivity contribution in [1.82, 2.24) is 0 Å². The van der Waals surface area contributed by atoms with Gasteiger partial charge in [0.2, 0.25) is 0 Å². The first-order valence-corrected chi connectivity index (χ1v) is 3.56. The maximum atomic E-state index is 8.77. The van der Waals surface area contributed by atoms with Crippen LogP contribution < -0.4 is 10.4 Å². The molecular formula is C10H12O. The van der Waals surface area contributed by atoms with E-state index >= 15 is 0 Å². The van der Waals surface area contributed by atoms with Crippen molar-refractivity contribution in [2.45, 2.75) is 13.8 Å². The molecule has 1 nitrogen and oxygen atoms in total. The summed E-state index contributed by atoms with van der Waals surface area (Å²) in [5, 5.41) is 10.4. The van der Waals surface area contributed by atoms with Crippen molar-refractivity contribution < 1.29 is 5.11 Å². The minimum atomic E-state index is 0.799. The number of rotatable bonds is 0. The zero-order valence-corrected chi connectivity index (χ0v) is 6.89. The summed E-state index contributed by atoms with van der Waals surface area (Å²) in [6.45, 7) is 7.85. The maximum Gasteiger partial charge on any atom is 0.0869 e.